The Morgan fingerprint density at radius 2 is 2.00 bits per heavy atom. The van der Waals surface area contributed by atoms with Crippen LogP contribution >= 0.6 is 11.6 Å². The third kappa shape index (κ3) is 7.11. The van der Waals surface area contributed by atoms with Crippen molar-refractivity contribution in [1.82, 2.24) is 20.2 Å². The van der Waals surface area contributed by atoms with Crippen LogP contribution in [0.15, 0.2) is 48.7 Å². The number of aromatic nitrogens is 2. The lowest BCUT2D eigenvalue weighted by Gasteiger charge is -2.40. The number of hydrogen-bond acceptors (Lipinski definition) is 6. The number of ether oxygens (including phenoxy) is 2. The summed E-state index contributed by atoms with van der Waals surface area (Å²) in [5.74, 6) is 0.810. The number of nitrogens with zero attached hydrogens (tertiary/aromatic N) is 3. The van der Waals surface area contributed by atoms with Gasteiger partial charge in [0.1, 0.15) is 5.60 Å². The van der Waals surface area contributed by atoms with Crippen LogP contribution in [0.5, 0.6) is 5.88 Å². The molecular formula is C29H37ClN4O3. The van der Waals surface area contributed by atoms with Crippen molar-refractivity contribution in [3.05, 3.63) is 64.8 Å². The molecular weight excluding hydrogens is 488 g/mol. The van der Waals surface area contributed by atoms with E-state index in [2.05, 4.69) is 27.4 Å². The van der Waals surface area contributed by atoms with E-state index in [1.54, 1.807) is 19.4 Å². The molecule has 0 spiro atoms. The van der Waals surface area contributed by atoms with Gasteiger partial charge in [-0.15, -0.1) is 0 Å². The highest BCUT2D eigenvalue weighted by Crippen LogP contribution is 2.31. The Balaban J connectivity index is 1.69. The van der Waals surface area contributed by atoms with Crippen molar-refractivity contribution in [3.8, 4) is 5.88 Å². The molecule has 8 heteroatoms. The summed E-state index contributed by atoms with van der Waals surface area (Å²) in [7, 11) is 1.60. The Hall–Kier alpha value is -2.90. The zero-order chi connectivity index (χ0) is 26.4. The molecule has 0 bridgehead atoms. The molecule has 0 radical (unpaired) electrons. The zero-order valence-corrected chi connectivity index (χ0v) is 22.9. The minimum absolute atomic E-state index is 0.0484. The fraction of sp³-hybridized carbons (Fsp3) is 0.483. The van der Waals surface area contributed by atoms with Crippen molar-refractivity contribution in [2.24, 2.45) is 5.92 Å². The first-order valence-corrected chi connectivity index (χ1v) is 13.4. The Labute approximate surface area is 224 Å². The molecule has 1 saturated heterocycles. The molecule has 1 N–H and O–H groups in total. The van der Waals surface area contributed by atoms with Crippen LogP contribution in [0, 0.1) is 5.92 Å². The molecule has 7 nitrogen and oxygen atoms in total. The number of halogens is 1. The van der Waals surface area contributed by atoms with E-state index in [0.29, 0.717) is 29.8 Å². The number of carbonyl (C=O) groups is 1. The normalized spacial score (nSPS) is 16.8. The van der Waals surface area contributed by atoms with Gasteiger partial charge in [-0.25, -0.2) is 9.78 Å². The van der Waals surface area contributed by atoms with Crippen molar-refractivity contribution in [3.63, 3.8) is 0 Å². The summed E-state index contributed by atoms with van der Waals surface area (Å²) in [6.45, 7) is 8.06. The highest BCUT2D eigenvalue weighted by atomic mass is 35.5. The lowest BCUT2D eigenvalue weighted by molar-refractivity contribution is 0.00389. The van der Waals surface area contributed by atoms with E-state index in [1.165, 1.54) is 0 Å². The number of amides is 1. The Morgan fingerprint density at radius 3 is 2.68 bits per heavy atom. The van der Waals surface area contributed by atoms with Gasteiger partial charge in [-0.3, -0.25) is 4.98 Å². The second-order valence-electron chi connectivity index (χ2n) is 10.6. The minimum Gasteiger partial charge on any atom is -0.481 e. The van der Waals surface area contributed by atoms with E-state index in [9.17, 15) is 4.79 Å². The number of hydrogen-bond donors (Lipinski definition) is 1. The van der Waals surface area contributed by atoms with Crippen molar-refractivity contribution >= 4 is 28.7 Å². The van der Waals surface area contributed by atoms with E-state index in [4.69, 9.17) is 21.1 Å². The van der Waals surface area contributed by atoms with Gasteiger partial charge in [-0.2, -0.15) is 0 Å². The lowest BCUT2D eigenvalue weighted by Crippen LogP contribution is -2.50. The third-order valence-corrected chi connectivity index (χ3v) is 7.07. The van der Waals surface area contributed by atoms with Gasteiger partial charge >= 0.3 is 6.09 Å². The summed E-state index contributed by atoms with van der Waals surface area (Å²) < 4.78 is 11.3. The average molecular weight is 525 g/mol. The number of aryl methyl sites for hydroxylation is 1. The largest absolute Gasteiger partial charge is 0.481 e. The molecule has 4 rings (SSSR count). The summed E-state index contributed by atoms with van der Waals surface area (Å²) in [6.07, 6.45) is 4.87. The van der Waals surface area contributed by atoms with Crippen LogP contribution in [0.4, 0.5) is 4.79 Å². The van der Waals surface area contributed by atoms with Crippen LogP contribution in [-0.2, 0) is 17.7 Å². The summed E-state index contributed by atoms with van der Waals surface area (Å²) in [6, 6.07) is 13.7. The first kappa shape index (κ1) is 27.1. The topological polar surface area (TPSA) is 76.6 Å². The standard InChI is InChI=1S/C29H37ClN4O3/c1-29(2,3)37-28(35)34(19-20-9-6-5-7-10-20)25(21-11-8-16-31-17-21)14-12-22-23(30)18-32-24-13-15-26(36-4)33-27(22)24/h5-7,9-10,13,15,18,21,25,31H,8,11-12,14,16-17,19H2,1-4H3. The second-order valence-corrected chi connectivity index (χ2v) is 11.0. The van der Waals surface area contributed by atoms with Gasteiger partial charge < -0.3 is 19.7 Å². The molecule has 2 aromatic heterocycles. The Morgan fingerprint density at radius 1 is 1.22 bits per heavy atom. The number of pyridine rings is 2. The number of nitrogens with one attached hydrogen (secondary N) is 1. The number of piperidine rings is 1. The first-order valence-electron chi connectivity index (χ1n) is 13.0. The lowest BCUT2D eigenvalue weighted by atomic mass is 9.86. The molecule has 198 valence electrons. The van der Waals surface area contributed by atoms with Crippen molar-refractivity contribution < 1.29 is 14.3 Å². The molecule has 2 unspecified atom stereocenters. The van der Waals surface area contributed by atoms with E-state index in [0.717, 1.165) is 54.5 Å². The van der Waals surface area contributed by atoms with Gasteiger partial charge in [0.2, 0.25) is 5.88 Å². The van der Waals surface area contributed by atoms with E-state index < -0.39 is 5.60 Å². The predicted molar refractivity (Wildman–Crippen MR) is 147 cm³/mol. The molecule has 1 fully saturated rings. The quantitative estimate of drug-likeness (QED) is 0.387. The molecule has 1 amide bonds. The van der Waals surface area contributed by atoms with E-state index in [-0.39, 0.29) is 12.1 Å². The van der Waals surface area contributed by atoms with Gasteiger partial charge in [0, 0.05) is 30.4 Å². The van der Waals surface area contributed by atoms with Crippen LogP contribution in [-0.4, -0.2) is 52.8 Å². The van der Waals surface area contributed by atoms with E-state index in [1.807, 2.05) is 49.9 Å². The minimum atomic E-state index is -0.591. The molecule has 1 aliphatic rings. The van der Waals surface area contributed by atoms with Crippen LogP contribution in [0.2, 0.25) is 5.02 Å². The van der Waals surface area contributed by atoms with Crippen LogP contribution in [0.3, 0.4) is 0 Å². The molecule has 1 aromatic carbocycles. The fourth-order valence-corrected chi connectivity index (χ4v) is 5.22. The third-order valence-electron chi connectivity index (χ3n) is 6.74. The highest BCUT2D eigenvalue weighted by Gasteiger charge is 2.34. The molecule has 37 heavy (non-hydrogen) atoms. The summed E-state index contributed by atoms with van der Waals surface area (Å²) in [4.78, 5) is 24.7. The maximum Gasteiger partial charge on any atom is 0.410 e. The average Bonchev–Trinajstić information content (AvgIpc) is 2.89. The number of methoxy groups -OCH3 is 1. The number of carbonyl (C=O) groups excluding carboxylic acids is 1. The van der Waals surface area contributed by atoms with Gasteiger partial charge in [0.05, 0.1) is 23.2 Å². The van der Waals surface area contributed by atoms with Crippen LogP contribution in [0.25, 0.3) is 11.0 Å². The smallest absolute Gasteiger partial charge is 0.410 e. The molecule has 3 heterocycles. The second kappa shape index (κ2) is 12.1. The molecule has 0 saturated carbocycles. The summed E-state index contributed by atoms with van der Waals surface area (Å²) in [5, 5.41) is 4.10. The Kier molecular flexibility index (Phi) is 8.87. The SMILES string of the molecule is COc1ccc2ncc(Cl)c(CCC(C3CCCNC3)N(Cc3ccccc3)C(=O)OC(C)(C)C)c2n1. The molecule has 1 aliphatic heterocycles. The van der Waals surface area contributed by atoms with Gasteiger partial charge in [-0.05, 0) is 77.1 Å². The van der Waals surface area contributed by atoms with Crippen LogP contribution < -0.4 is 10.1 Å². The molecule has 3 aromatic rings. The number of rotatable bonds is 8. The van der Waals surface area contributed by atoms with Gasteiger partial charge in [-0.1, -0.05) is 41.9 Å². The fourth-order valence-electron chi connectivity index (χ4n) is 4.99. The maximum absolute atomic E-state index is 13.6. The highest BCUT2D eigenvalue weighted by molar-refractivity contribution is 6.32. The van der Waals surface area contributed by atoms with Crippen molar-refractivity contribution in [1.29, 1.82) is 0 Å². The van der Waals surface area contributed by atoms with Crippen molar-refractivity contribution in [2.45, 2.75) is 64.6 Å². The van der Waals surface area contributed by atoms with Gasteiger partial charge in [0.25, 0.3) is 0 Å². The first-order chi connectivity index (χ1) is 17.7. The number of benzene rings is 1. The van der Waals surface area contributed by atoms with Gasteiger partial charge in [0.15, 0.2) is 0 Å². The molecule has 2 atom stereocenters. The Bertz CT molecular complexity index is 1190. The van der Waals surface area contributed by atoms with Crippen molar-refractivity contribution in [2.75, 3.05) is 20.2 Å². The zero-order valence-electron chi connectivity index (χ0n) is 22.2. The monoisotopic (exact) mass is 524 g/mol. The summed E-state index contributed by atoms with van der Waals surface area (Å²) >= 11 is 6.67. The predicted octanol–water partition coefficient (Wildman–Crippen LogP) is 6.03. The van der Waals surface area contributed by atoms with E-state index >= 15 is 0 Å². The number of fused-ring (bicyclic) bond motifs is 1. The summed E-state index contributed by atoms with van der Waals surface area (Å²) in [5.41, 5.74) is 2.90. The van der Waals surface area contributed by atoms with Crippen LogP contribution in [0.1, 0.15) is 51.2 Å². The maximum atomic E-state index is 13.6. The molecule has 0 aliphatic carbocycles.